The fourth-order valence-corrected chi connectivity index (χ4v) is 2.31. The number of carbonyl (C=O) groups is 2. The van der Waals surface area contributed by atoms with Crippen molar-refractivity contribution in [2.24, 2.45) is 11.8 Å². The van der Waals surface area contributed by atoms with E-state index in [-0.39, 0.29) is 30.0 Å². The second-order valence-electron chi connectivity index (χ2n) is 4.48. The van der Waals surface area contributed by atoms with Crippen LogP contribution in [-0.2, 0) is 14.3 Å². The van der Waals surface area contributed by atoms with E-state index in [2.05, 4.69) is 4.74 Å². The first-order valence-electron chi connectivity index (χ1n) is 6.23. The molecule has 0 spiro atoms. The minimum atomic E-state index is -0.309. The zero-order chi connectivity index (χ0) is 13.5. The van der Waals surface area contributed by atoms with Gasteiger partial charge in [-0.05, 0) is 25.2 Å². The van der Waals surface area contributed by atoms with Crippen LogP contribution < -0.4 is 0 Å². The zero-order valence-corrected chi connectivity index (χ0v) is 10.9. The molecule has 0 aromatic heterocycles. The number of allylic oxidation sites excluding steroid dienone is 3. The fraction of sp³-hybridized carbons (Fsp3) is 0.571. The molecule has 100 valence electrons. The van der Waals surface area contributed by atoms with E-state index in [0.717, 1.165) is 12.7 Å². The van der Waals surface area contributed by atoms with Crippen LogP contribution in [0.5, 0.6) is 0 Å². The third kappa shape index (κ3) is 3.45. The summed E-state index contributed by atoms with van der Waals surface area (Å²) >= 11 is 0. The van der Waals surface area contributed by atoms with Gasteiger partial charge < -0.3 is 9.84 Å². The van der Waals surface area contributed by atoms with Crippen molar-refractivity contribution in [3.63, 3.8) is 0 Å². The Kier molecular flexibility index (Phi) is 5.62. The van der Waals surface area contributed by atoms with Crippen LogP contribution in [0.1, 0.15) is 32.6 Å². The Morgan fingerprint density at radius 2 is 2.22 bits per heavy atom. The van der Waals surface area contributed by atoms with Gasteiger partial charge in [-0.2, -0.15) is 0 Å². The molecule has 0 radical (unpaired) electrons. The molecule has 0 amide bonds. The van der Waals surface area contributed by atoms with Crippen molar-refractivity contribution in [2.45, 2.75) is 32.6 Å². The van der Waals surface area contributed by atoms with Crippen LogP contribution in [0.25, 0.3) is 0 Å². The maximum absolute atomic E-state index is 12.0. The number of hydrogen-bond donors (Lipinski definition) is 1. The highest BCUT2D eigenvalue weighted by atomic mass is 16.5. The molecule has 4 nitrogen and oxygen atoms in total. The van der Waals surface area contributed by atoms with E-state index in [0.29, 0.717) is 18.4 Å². The Hall–Kier alpha value is -1.58. The predicted molar refractivity (Wildman–Crippen MR) is 68.0 cm³/mol. The lowest BCUT2D eigenvalue weighted by atomic mass is 9.89. The Balaban J connectivity index is 2.75. The third-order valence-electron chi connectivity index (χ3n) is 3.31. The second kappa shape index (κ2) is 6.99. The summed E-state index contributed by atoms with van der Waals surface area (Å²) in [4.78, 5) is 23.3. The Morgan fingerprint density at radius 1 is 1.50 bits per heavy atom. The van der Waals surface area contributed by atoms with Crippen LogP contribution in [-0.4, -0.2) is 24.0 Å². The first kappa shape index (κ1) is 14.5. The van der Waals surface area contributed by atoms with E-state index in [4.69, 9.17) is 5.11 Å². The lowest BCUT2D eigenvalue weighted by Crippen LogP contribution is -2.18. The molecule has 1 N–H and O–H groups in total. The van der Waals surface area contributed by atoms with E-state index in [1.165, 1.54) is 7.11 Å². The molecule has 0 aliphatic heterocycles. The van der Waals surface area contributed by atoms with Crippen molar-refractivity contribution in [1.29, 1.82) is 0 Å². The van der Waals surface area contributed by atoms with Gasteiger partial charge in [0.1, 0.15) is 0 Å². The molecule has 0 aromatic carbocycles. The van der Waals surface area contributed by atoms with Gasteiger partial charge in [-0.25, -0.2) is 0 Å². The lowest BCUT2D eigenvalue weighted by Gasteiger charge is -2.14. The average Bonchev–Trinajstić information content (AvgIpc) is 2.66. The smallest absolute Gasteiger partial charge is 0.305 e. The summed E-state index contributed by atoms with van der Waals surface area (Å²) in [5.74, 6) is -0.640. The summed E-state index contributed by atoms with van der Waals surface area (Å²) in [5.41, 5.74) is 0.416. The van der Waals surface area contributed by atoms with E-state index in [1.807, 2.05) is 19.1 Å². The van der Waals surface area contributed by atoms with Crippen molar-refractivity contribution in [3.05, 3.63) is 24.0 Å². The molecule has 1 aliphatic rings. The molecule has 0 heterocycles. The minimum Gasteiger partial charge on any atom is -0.515 e. The summed E-state index contributed by atoms with van der Waals surface area (Å²) in [5, 5.41) is 9.02. The summed E-state index contributed by atoms with van der Waals surface area (Å²) in [7, 11) is 1.34. The van der Waals surface area contributed by atoms with Gasteiger partial charge in [0.25, 0.3) is 0 Å². The maximum atomic E-state index is 12.0. The van der Waals surface area contributed by atoms with Crippen molar-refractivity contribution >= 4 is 11.8 Å². The largest absolute Gasteiger partial charge is 0.515 e. The molecule has 18 heavy (non-hydrogen) atoms. The number of Topliss-reactive ketones (excluding diaryl/α,β-unsaturated/α-hetero) is 1. The second-order valence-corrected chi connectivity index (χ2v) is 4.48. The van der Waals surface area contributed by atoms with Gasteiger partial charge in [-0.3, -0.25) is 9.59 Å². The SMILES string of the molecule is CC/C=C/CC1C(=O)/C(=C/O)CC1CC(=O)OC. The number of methoxy groups -OCH3 is 1. The van der Waals surface area contributed by atoms with Crippen LogP contribution in [0.3, 0.4) is 0 Å². The van der Waals surface area contributed by atoms with Gasteiger partial charge in [0, 0.05) is 17.9 Å². The van der Waals surface area contributed by atoms with Gasteiger partial charge in [-0.15, -0.1) is 0 Å². The molecule has 1 saturated carbocycles. The Bertz CT molecular complexity index is 368. The molecular weight excluding hydrogens is 232 g/mol. The number of aliphatic hydroxyl groups is 1. The number of carbonyl (C=O) groups excluding carboxylic acids is 2. The molecule has 1 rings (SSSR count). The summed E-state index contributed by atoms with van der Waals surface area (Å²) in [6.45, 7) is 2.03. The third-order valence-corrected chi connectivity index (χ3v) is 3.31. The van der Waals surface area contributed by atoms with Crippen molar-refractivity contribution in [1.82, 2.24) is 0 Å². The first-order chi connectivity index (χ1) is 8.63. The predicted octanol–water partition coefficient (Wildman–Crippen LogP) is 2.55. The quantitative estimate of drug-likeness (QED) is 0.353. The van der Waals surface area contributed by atoms with E-state index in [9.17, 15) is 9.59 Å². The Morgan fingerprint density at radius 3 is 2.78 bits per heavy atom. The van der Waals surface area contributed by atoms with Crippen LogP contribution in [0.2, 0.25) is 0 Å². The highest BCUT2D eigenvalue weighted by Crippen LogP contribution is 2.37. The van der Waals surface area contributed by atoms with Gasteiger partial charge in [0.05, 0.1) is 13.4 Å². The van der Waals surface area contributed by atoms with Crippen molar-refractivity contribution < 1.29 is 19.4 Å². The molecule has 1 fully saturated rings. The highest BCUT2D eigenvalue weighted by Gasteiger charge is 2.38. The molecule has 1 aliphatic carbocycles. The molecule has 0 bridgehead atoms. The number of aliphatic hydroxyl groups excluding tert-OH is 1. The molecule has 0 aromatic rings. The van der Waals surface area contributed by atoms with Crippen LogP contribution >= 0.6 is 0 Å². The zero-order valence-electron chi connectivity index (χ0n) is 10.9. The van der Waals surface area contributed by atoms with E-state index in [1.54, 1.807) is 0 Å². The molecular formula is C14H20O4. The van der Waals surface area contributed by atoms with Gasteiger partial charge >= 0.3 is 5.97 Å². The number of esters is 1. The van der Waals surface area contributed by atoms with Gasteiger partial charge in [-0.1, -0.05) is 19.1 Å². The van der Waals surface area contributed by atoms with Crippen molar-refractivity contribution in [2.75, 3.05) is 7.11 Å². The number of rotatable bonds is 5. The van der Waals surface area contributed by atoms with Crippen LogP contribution in [0.4, 0.5) is 0 Å². The standard InChI is InChI=1S/C14H20O4/c1-3-4-5-6-12-10(8-13(16)18-2)7-11(9-15)14(12)17/h4-5,9-10,12,15H,3,6-8H2,1-2H3/b5-4+,11-9+. The topological polar surface area (TPSA) is 63.6 Å². The van der Waals surface area contributed by atoms with Gasteiger partial charge in [0.15, 0.2) is 5.78 Å². The number of hydrogen-bond acceptors (Lipinski definition) is 4. The number of ketones is 1. The first-order valence-corrected chi connectivity index (χ1v) is 6.23. The van der Waals surface area contributed by atoms with E-state index >= 15 is 0 Å². The molecule has 0 saturated heterocycles. The summed E-state index contributed by atoms with van der Waals surface area (Å²) < 4.78 is 4.64. The van der Waals surface area contributed by atoms with Crippen molar-refractivity contribution in [3.8, 4) is 0 Å². The summed E-state index contributed by atoms with van der Waals surface area (Å²) in [6.07, 6.45) is 7.06. The molecule has 2 atom stereocenters. The minimum absolute atomic E-state index is 0.0489. The molecule has 4 heteroatoms. The monoisotopic (exact) mass is 252 g/mol. The van der Waals surface area contributed by atoms with Crippen LogP contribution in [0, 0.1) is 11.8 Å². The average molecular weight is 252 g/mol. The highest BCUT2D eigenvalue weighted by molar-refractivity contribution is 6.00. The van der Waals surface area contributed by atoms with Gasteiger partial charge in [0.2, 0.25) is 0 Å². The Labute approximate surface area is 107 Å². The number of ether oxygens (including phenoxy) is 1. The lowest BCUT2D eigenvalue weighted by molar-refractivity contribution is -0.142. The maximum Gasteiger partial charge on any atom is 0.305 e. The van der Waals surface area contributed by atoms with E-state index < -0.39 is 0 Å². The molecule has 2 unspecified atom stereocenters. The normalized spacial score (nSPS) is 26.1. The summed E-state index contributed by atoms with van der Waals surface area (Å²) in [6, 6.07) is 0. The fourth-order valence-electron chi connectivity index (χ4n) is 2.31. The van der Waals surface area contributed by atoms with Crippen LogP contribution in [0.15, 0.2) is 24.0 Å².